The van der Waals surface area contributed by atoms with Crippen molar-refractivity contribution < 1.29 is 4.74 Å². The maximum atomic E-state index is 5.79. The van der Waals surface area contributed by atoms with Crippen LogP contribution in [0.1, 0.15) is 78.1 Å². The Balaban J connectivity index is 1.44. The summed E-state index contributed by atoms with van der Waals surface area (Å²) in [6.07, 6.45) is 14.4. The summed E-state index contributed by atoms with van der Waals surface area (Å²) in [5.74, 6) is 1.88. The van der Waals surface area contributed by atoms with Crippen LogP contribution in [0.15, 0.2) is 0 Å². The molecule has 3 aliphatic rings. The predicted octanol–water partition coefficient (Wildman–Crippen LogP) is 4.53. The van der Waals surface area contributed by atoms with Gasteiger partial charge in [-0.15, -0.1) is 0 Å². The number of hydrogen-bond donors (Lipinski definition) is 1. The minimum atomic E-state index is 0.574. The predicted molar refractivity (Wildman–Crippen MR) is 88.5 cm³/mol. The van der Waals surface area contributed by atoms with Crippen molar-refractivity contribution in [1.29, 1.82) is 0 Å². The molecule has 0 spiro atoms. The maximum Gasteiger partial charge on any atom is 0.0576 e. The average molecular weight is 293 g/mol. The first kappa shape index (κ1) is 15.8. The zero-order chi connectivity index (χ0) is 14.7. The molecule has 0 aromatic carbocycles. The van der Waals surface area contributed by atoms with Gasteiger partial charge in [-0.3, -0.25) is 0 Å². The molecule has 0 bridgehead atoms. The second kappa shape index (κ2) is 7.00. The van der Waals surface area contributed by atoms with Crippen LogP contribution in [0.4, 0.5) is 0 Å². The Bertz CT molecular complexity index is 316. The molecular weight excluding hydrogens is 258 g/mol. The molecule has 122 valence electrons. The summed E-state index contributed by atoms with van der Waals surface area (Å²) in [6, 6.07) is 0.868. The van der Waals surface area contributed by atoms with E-state index in [1.165, 1.54) is 70.8 Å². The van der Waals surface area contributed by atoms with Crippen molar-refractivity contribution in [2.45, 2.75) is 90.2 Å². The van der Waals surface area contributed by atoms with E-state index in [2.05, 4.69) is 19.2 Å². The third kappa shape index (κ3) is 4.96. The van der Waals surface area contributed by atoms with Gasteiger partial charge in [-0.25, -0.2) is 0 Å². The second-order valence-corrected chi connectivity index (χ2v) is 8.68. The van der Waals surface area contributed by atoms with Crippen molar-refractivity contribution in [2.75, 3.05) is 13.2 Å². The largest absolute Gasteiger partial charge is 0.378 e. The van der Waals surface area contributed by atoms with Crippen molar-refractivity contribution >= 4 is 0 Å². The molecule has 1 saturated heterocycles. The Hall–Kier alpha value is -0.0800. The lowest BCUT2D eigenvalue weighted by atomic mass is 9.65. The third-order valence-corrected chi connectivity index (χ3v) is 6.04. The van der Waals surface area contributed by atoms with E-state index in [0.717, 1.165) is 24.5 Å². The van der Waals surface area contributed by atoms with Crippen molar-refractivity contribution in [3.8, 4) is 0 Å². The van der Waals surface area contributed by atoms with Gasteiger partial charge in [0.15, 0.2) is 0 Å². The molecule has 0 aromatic heterocycles. The molecule has 3 unspecified atom stereocenters. The van der Waals surface area contributed by atoms with Crippen molar-refractivity contribution in [3.63, 3.8) is 0 Å². The van der Waals surface area contributed by atoms with Gasteiger partial charge in [-0.05, 0) is 75.2 Å². The molecule has 2 heteroatoms. The van der Waals surface area contributed by atoms with Crippen LogP contribution < -0.4 is 5.32 Å². The van der Waals surface area contributed by atoms with E-state index in [4.69, 9.17) is 4.74 Å². The molecule has 0 amide bonds. The summed E-state index contributed by atoms with van der Waals surface area (Å²) >= 11 is 0. The van der Waals surface area contributed by atoms with E-state index in [1.54, 1.807) is 0 Å². The molecule has 21 heavy (non-hydrogen) atoms. The van der Waals surface area contributed by atoms with Gasteiger partial charge in [-0.1, -0.05) is 26.7 Å². The van der Waals surface area contributed by atoms with Crippen LogP contribution in [0.25, 0.3) is 0 Å². The fraction of sp³-hybridized carbons (Fsp3) is 1.00. The van der Waals surface area contributed by atoms with Crippen LogP contribution in [0, 0.1) is 17.3 Å². The van der Waals surface area contributed by atoms with E-state index < -0.39 is 0 Å². The first-order chi connectivity index (χ1) is 10.1. The Morgan fingerprint density at radius 3 is 2.62 bits per heavy atom. The number of rotatable bonds is 7. The summed E-state index contributed by atoms with van der Waals surface area (Å²) in [6.45, 7) is 7.25. The molecule has 1 aliphatic heterocycles. The molecule has 1 heterocycles. The average Bonchev–Trinajstić information content (AvgIpc) is 3.12. The topological polar surface area (TPSA) is 21.3 Å². The second-order valence-electron chi connectivity index (χ2n) is 8.68. The molecule has 1 N–H and O–H groups in total. The number of ether oxygens (including phenoxy) is 1. The van der Waals surface area contributed by atoms with Gasteiger partial charge < -0.3 is 10.1 Å². The lowest BCUT2D eigenvalue weighted by molar-refractivity contribution is 0.0856. The van der Waals surface area contributed by atoms with Gasteiger partial charge in [-0.2, -0.15) is 0 Å². The normalized spacial score (nSPS) is 36.0. The SMILES string of the molecule is CC1(C)CCC(CNC2CC2)C(CCCC2CCCO2)C1. The van der Waals surface area contributed by atoms with Gasteiger partial charge >= 0.3 is 0 Å². The highest BCUT2D eigenvalue weighted by atomic mass is 16.5. The van der Waals surface area contributed by atoms with Gasteiger partial charge in [0.25, 0.3) is 0 Å². The first-order valence-electron chi connectivity index (χ1n) is 9.47. The highest BCUT2D eigenvalue weighted by Gasteiger charge is 2.35. The molecule has 3 rings (SSSR count). The highest BCUT2D eigenvalue weighted by molar-refractivity contribution is 4.88. The fourth-order valence-electron chi connectivity index (χ4n) is 4.48. The van der Waals surface area contributed by atoms with Crippen LogP contribution in [0.2, 0.25) is 0 Å². The van der Waals surface area contributed by atoms with E-state index in [9.17, 15) is 0 Å². The van der Waals surface area contributed by atoms with E-state index in [1.807, 2.05) is 0 Å². The van der Waals surface area contributed by atoms with Crippen LogP contribution in [0.3, 0.4) is 0 Å². The molecule has 0 aromatic rings. The van der Waals surface area contributed by atoms with Crippen LogP contribution in [-0.4, -0.2) is 25.3 Å². The Morgan fingerprint density at radius 1 is 1.05 bits per heavy atom. The summed E-state index contributed by atoms with van der Waals surface area (Å²) in [5.41, 5.74) is 0.574. The van der Waals surface area contributed by atoms with Gasteiger partial charge in [0.1, 0.15) is 0 Å². The zero-order valence-corrected chi connectivity index (χ0v) is 14.2. The standard InChI is InChI=1S/C19H35NO/c1-19(2)11-10-16(14-20-17-8-9-17)15(13-19)5-3-6-18-7-4-12-21-18/h15-18,20H,3-14H2,1-2H3. The van der Waals surface area contributed by atoms with Crippen LogP contribution in [0.5, 0.6) is 0 Å². The van der Waals surface area contributed by atoms with Crippen molar-refractivity contribution in [1.82, 2.24) is 5.32 Å². The Morgan fingerprint density at radius 2 is 1.90 bits per heavy atom. The third-order valence-electron chi connectivity index (χ3n) is 6.04. The van der Waals surface area contributed by atoms with Gasteiger partial charge in [0, 0.05) is 12.6 Å². The Kier molecular flexibility index (Phi) is 5.27. The molecule has 3 atom stereocenters. The lowest BCUT2D eigenvalue weighted by Crippen LogP contribution is -2.36. The summed E-state index contributed by atoms with van der Waals surface area (Å²) in [5, 5.41) is 3.79. The molecule has 0 radical (unpaired) electrons. The first-order valence-corrected chi connectivity index (χ1v) is 9.47. The highest BCUT2D eigenvalue weighted by Crippen LogP contribution is 2.44. The zero-order valence-electron chi connectivity index (χ0n) is 14.2. The van der Waals surface area contributed by atoms with E-state index in [0.29, 0.717) is 11.5 Å². The van der Waals surface area contributed by atoms with Crippen LogP contribution in [-0.2, 0) is 4.74 Å². The summed E-state index contributed by atoms with van der Waals surface area (Å²) in [4.78, 5) is 0. The lowest BCUT2D eigenvalue weighted by Gasteiger charge is -2.41. The smallest absolute Gasteiger partial charge is 0.0576 e. The van der Waals surface area contributed by atoms with Gasteiger partial charge in [0.2, 0.25) is 0 Å². The van der Waals surface area contributed by atoms with E-state index in [-0.39, 0.29) is 0 Å². The number of nitrogens with one attached hydrogen (secondary N) is 1. The number of hydrogen-bond acceptors (Lipinski definition) is 2. The van der Waals surface area contributed by atoms with Crippen molar-refractivity contribution in [3.05, 3.63) is 0 Å². The molecule has 2 nitrogen and oxygen atoms in total. The van der Waals surface area contributed by atoms with Gasteiger partial charge in [0.05, 0.1) is 6.10 Å². The van der Waals surface area contributed by atoms with E-state index >= 15 is 0 Å². The fourth-order valence-corrected chi connectivity index (χ4v) is 4.48. The summed E-state index contributed by atoms with van der Waals surface area (Å²) in [7, 11) is 0. The van der Waals surface area contributed by atoms with Crippen molar-refractivity contribution in [2.24, 2.45) is 17.3 Å². The minimum Gasteiger partial charge on any atom is -0.378 e. The van der Waals surface area contributed by atoms with Crippen LogP contribution >= 0.6 is 0 Å². The monoisotopic (exact) mass is 293 g/mol. The molecule has 3 fully saturated rings. The maximum absolute atomic E-state index is 5.79. The molecule has 2 saturated carbocycles. The molecule has 2 aliphatic carbocycles. The quantitative estimate of drug-likeness (QED) is 0.744. The Labute approximate surface area is 131 Å². The molecular formula is C19H35NO. The summed E-state index contributed by atoms with van der Waals surface area (Å²) < 4.78 is 5.79. The minimum absolute atomic E-state index is 0.574.